The number of ether oxygens (including phenoxy) is 1. The fourth-order valence-corrected chi connectivity index (χ4v) is 3.59. The van der Waals surface area contributed by atoms with E-state index in [9.17, 15) is 5.11 Å². The third-order valence-corrected chi connectivity index (χ3v) is 5.00. The van der Waals surface area contributed by atoms with Gasteiger partial charge in [0.1, 0.15) is 7.85 Å². The Morgan fingerprint density at radius 3 is 2.83 bits per heavy atom. The number of thiophene rings is 1. The largest absolute Gasteiger partial charge is 0.471 e. The molecule has 2 heterocycles. The molecule has 0 aliphatic carbocycles. The van der Waals surface area contributed by atoms with Crippen molar-refractivity contribution in [3.63, 3.8) is 0 Å². The molecule has 23 heavy (non-hydrogen) atoms. The Balaban J connectivity index is 0.000000433. The molecule has 0 bridgehead atoms. The molecule has 1 unspecified atom stereocenters. The van der Waals surface area contributed by atoms with Gasteiger partial charge in [-0.15, -0.1) is 11.3 Å². The summed E-state index contributed by atoms with van der Waals surface area (Å²) in [6.07, 6.45) is 0.914. The topological polar surface area (TPSA) is 49.8 Å². The minimum atomic E-state index is -1.41. The zero-order valence-corrected chi connectivity index (χ0v) is 14.3. The first-order valence-corrected chi connectivity index (χ1v) is 8.29. The summed E-state index contributed by atoms with van der Waals surface area (Å²) in [6.45, 7) is 1.65. The number of halogens is 1. The Morgan fingerprint density at radius 1 is 1.48 bits per heavy atom. The Hall–Kier alpha value is -1.34. The molecule has 1 aliphatic heterocycles. The van der Waals surface area contributed by atoms with Crippen molar-refractivity contribution in [3.8, 4) is 0 Å². The molecule has 0 amide bonds. The van der Waals surface area contributed by atoms with Crippen molar-refractivity contribution in [1.29, 1.82) is 0 Å². The average molecular weight is 350 g/mol. The number of aliphatic hydroxyl groups is 1. The van der Waals surface area contributed by atoms with Crippen LogP contribution in [0.25, 0.3) is 0 Å². The molecule has 1 aliphatic rings. The lowest BCUT2D eigenvalue weighted by atomic mass is 9.79. The minimum absolute atomic E-state index is 0.375. The van der Waals surface area contributed by atoms with E-state index in [4.69, 9.17) is 24.2 Å². The van der Waals surface area contributed by atoms with E-state index < -0.39 is 5.62 Å². The molecule has 0 fully saturated rings. The van der Waals surface area contributed by atoms with Gasteiger partial charge in [0.2, 0.25) is 0 Å². The van der Waals surface area contributed by atoms with Crippen molar-refractivity contribution < 1.29 is 14.6 Å². The predicted molar refractivity (Wildman–Crippen MR) is 92.6 cm³/mol. The van der Waals surface area contributed by atoms with E-state index >= 15 is 0 Å². The van der Waals surface area contributed by atoms with E-state index in [1.807, 2.05) is 40.6 Å². The Kier molecular flexibility index (Phi) is 6.24. The highest BCUT2D eigenvalue weighted by atomic mass is 35.5. The van der Waals surface area contributed by atoms with Crippen LogP contribution in [0, 0.1) is 0 Å². The molecule has 2 aromatic rings. The quantitative estimate of drug-likeness (QED) is 0.683. The van der Waals surface area contributed by atoms with E-state index in [-0.39, 0.29) is 0 Å². The van der Waals surface area contributed by atoms with Gasteiger partial charge in [0, 0.05) is 28.6 Å². The lowest BCUT2D eigenvalue weighted by Gasteiger charge is -2.41. The second-order valence-corrected chi connectivity index (χ2v) is 6.49. The summed E-state index contributed by atoms with van der Waals surface area (Å²) in [6, 6.07) is 9.55. The fourth-order valence-electron chi connectivity index (χ4n) is 2.47. The molecule has 120 valence electrons. The highest BCUT2D eigenvalue weighted by Gasteiger charge is 2.36. The second kappa shape index (κ2) is 7.97. The molecule has 4 nitrogen and oxygen atoms in total. The first-order valence-electron chi connectivity index (χ1n) is 7.03. The van der Waals surface area contributed by atoms with E-state index in [0.29, 0.717) is 18.0 Å². The molecule has 0 spiro atoms. The fraction of sp³-hybridized carbons (Fsp3) is 0.312. The van der Waals surface area contributed by atoms with Crippen molar-refractivity contribution >= 4 is 37.3 Å². The number of carbonyl (C=O) groups is 1. The van der Waals surface area contributed by atoms with Crippen LogP contribution in [0.5, 0.6) is 0 Å². The molecule has 0 saturated heterocycles. The molecule has 2 radical (unpaired) electrons. The highest BCUT2D eigenvalue weighted by Crippen LogP contribution is 2.35. The molecule has 7 heteroatoms. The third kappa shape index (κ3) is 4.15. The molecule has 1 aromatic heterocycles. The van der Waals surface area contributed by atoms with E-state index in [1.54, 1.807) is 11.3 Å². The number of benzene rings is 1. The van der Waals surface area contributed by atoms with Crippen molar-refractivity contribution in [2.24, 2.45) is 0 Å². The Bertz CT molecular complexity index is 662. The van der Waals surface area contributed by atoms with Gasteiger partial charge in [0.15, 0.2) is 0 Å². The van der Waals surface area contributed by atoms with Crippen molar-refractivity contribution in [2.45, 2.75) is 18.6 Å². The van der Waals surface area contributed by atoms with Crippen LogP contribution in [0.4, 0.5) is 0 Å². The molecule has 1 aromatic carbocycles. The summed E-state index contributed by atoms with van der Waals surface area (Å²) in [5.74, 6) is 0. The number of hydrogen-bond donors (Lipinski definition) is 1. The minimum Gasteiger partial charge on any atom is -0.471 e. The summed E-state index contributed by atoms with van der Waals surface area (Å²) in [5.41, 5.74) is 0.384. The number of fused-ring (bicyclic) bond motifs is 1. The zero-order valence-electron chi connectivity index (χ0n) is 12.7. The van der Waals surface area contributed by atoms with Crippen LogP contribution < -0.4 is 0 Å². The third-order valence-electron chi connectivity index (χ3n) is 3.65. The van der Waals surface area contributed by atoms with Crippen LogP contribution in [0.2, 0.25) is 5.02 Å². The summed E-state index contributed by atoms with van der Waals surface area (Å²) < 4.78 is 3.86. The average Bonchev–Trinajstić information content (AvgIpc) is 3.02. The summed E-state index contributed by atoms with van der Waals surface area (Å²) in [7, 11) is 7.43. The number of rotatable bonds is 3. The maximum absolute atomic E-state index is 10.6. The number of methoxy groups -OCH3 is 1. The van der Waals surface area contributed by atoms with Crippen LogP contribution in [-0.2, 0) is 28.1 Å². The summed E-state index contributed by atoms with van der Waals surface area (Å²) in [5, 5.41) is 13.3. The first kappa shape index (κ1) is 18.0. The SMILES string of the molecule is COC=O.[B]C1(O)c2ccsc2CCN1Cc1ccccc1Cl. The molecule has 0 saturated carbocycles. The van der Waals surface area contributed by atoms with E-state index in [1.165, 1.54) is 12.0 Å². The van der Waals surface area contributed by atoms with Crippen molar-refractivity contribution in [2.75, 3.05) is 13.7 Å². The highest BCUT2D eigenvalue weighted by molar-refractivity contribution is 7.10. The molecular formula is C16H17BClNO3S. The second-order valence-electron chi connectivity index (χ2n) is 5.08. The molecular weight excluding hydrogens is 333 g/mol. The van der Waals surface area contributed by atoms with Gasteiger partial charge >= 0.3 is 0 Å². The van der Waals surface area contributed by atoms with Gasteiger partial charge in [-0.25, -0.2) is 0 Å². The summed E-state index contributed by atoms with van der Waals surface area (Å²) in [4.78, 5) is 12.0. The molecule has 1 atom stereocenters. The van der Waals surface area contributed by atoms with Crippen LogP contribution in [-0.4, -0.2) is 38.0 Å². The lowest BCUT2D eigenvalue weighted by Crippen LogP contribution is -2.50. The molecule has 1 N–H and O–H groups in total. The van der Waals surface area contributed by atoms with Crippen LogP contribution >= 0.6 is 22.9 Å². The maximum atomic E-state index is 10.6. The van der Waals surface area contributed by atoms with Crippen LogP contribution in [0.1, 0.15) is 16.0 Å². The van der Waals surface area contributed by atoms with E-state index in [0.717, 1.165) is 24.1 Å². The van der Waals surface area contributed by atoms with Gasteiger partial charge in [0.05, 0.1) is 12.7 Å². The van der Waals surface area contributed by atoms with Crippen molar-refractivity contribution in [3.05, 3.63) is 56.7 Å². The number of nitrogens with zero attached hydrogens (tertiary/aromatic N) is 1. The predicted octanol–water partition coefficient (Wildman–Crippen LogP) is 2.52. The van der Waals surface area contributed by atoms with Gasteiger partial charge in [-0.2, -0.15) is 0 Å². The maximum Gasteiger partial charge on any atom is 0.292 e. The number of hydrogen-bond acceptors (Lipinski definition) is 5. The van der Waals surface area contributed by atoms with E-state index in [2.05, 4.69) is 4.74 Å². The smallest absolute Gasteiger partial charge is 0.292 e. The lowest BCUT2D eigenvalue weighted by molar-refractivity contribution is -0.126. The number of carbonyl (C=O) groups excluding carboxylic acids is 1. The Morgan fingerprint density at radius 2 is 2.17 bits per heavy atom. The molecule has 3 rings (SSSR count). The first-order chi connectivity index (χ1) is 11.0. The van der Waals surface area contributed by atoms with Gasteiger partial charge in [-0.3, -0.25) is 9.69 Å². The normalized spacial score (nSPS) is 20.1. The van der Waals surface area contributed by atoms with Crippen LogP contribution in [0.15, 0.2) is 35.7 Å². The van der Waals surface area contributed by atoms with Gasteiger partial charge < -0.3 is 9.84 Å². The standard InChI is InChI=1S/C14H13BClNOS.C2H4O2/c15-14(18)11-6-8-19-13(11)5-7-17(14)9-10-3-1-2-4-12(10)16;1-4-2-3/h1-4,6,8,18H,5,7,9H2;2H,1H3. The zero-order chi connectivity index (χ0) is 16.9. The Labute approximate surface area is 146 Å². The summed E-state index contributed by atoms with van der Waals surface area (Å²) >= 11 is 7.82. The van der Waals surface area contributed by atoms with Crippen LogP contribution in [0.3, 0.4) is 0 Å². The van der Waals surface area contributed by atoms with Gasteiger partial charge in [0.25, 0.3) is 6.47 Å². The monoisotopic (exact) mass is 349 g/mol. The van der Waals surface area contributed by atoms with Crippen molar-refractivity contribution in [1.82, 2.24) is 4.90 Å². The van der Waals surface area contributed by atoms with Gasteiger partial charge in [-0.1, -0.05) is 29.8 Å². The van der Waals surface area contributed by atoms with Gasteiger partial charge in [-0.05, 0) is 29.5 Å².